The molecule has 2 N–H and O–H groups in total. The van der Waals surface area contributed by atoms with Crippen molar-refractivity contribution in [3.8, 4) is 11.5 Å². The fraction of sp³-hybridized carbons (Fsp3) is 0.235. The van der Waals surface area contributed by atoms with Gasteiger partial charge in [0.1, 0.15) is 11.5 Å². The molecule has 1 atom stereocenters. The minimum Gasteiger partial charge on any atom is -0.508 e. The molecule has 0 aliphatic carbocycles. The molecule has 1 aliphatic rings. The van der Waals surface area contributed by atoms with Gasteiger partial charge in [-0.2, -0.15) is 0 Å². The molecular weight excluding hydrogens is 312 g/mol. The van der Waals surface area contributed by atoms with Crippen LogP contribution in [0.25, 0.3) is 0 Å². The van der Waals surface area contributed by atoms with Gasteiger partial charge in [-0.15, -0.1) is 0 Å². The monoisotopic (exact) mass is 330 g/mol. The van der Waals surface area contributed by atoms with Crippen LogP contribution in [0.3, 0.4) is 0 Å². The predicted molar refractivity (Wildman–Crippen MR) is 91.1 cm³/mol. The molecule has 1 heterocycles. The lowest BCUT2D eigenvalue weighted by Crippen LogP contribution is -2.53. The van der Waals surface area contributed by atoms with E-state index >= 15 is 0 Å². The highest BCUT2D eigenvalue weighted by Gasteiger charge is 2.48. The normalized spacial score (nSPS) is 20.3. The van der Waals surface area contributed by atoms with Crippen LogP contribution in [0.1, 0.15) is 5.56 Å². The zero-order valence-corrected chi connectivity index (χ0v) is 14.0. The molecule has 120 valence electrons. The number of nitrogens with one attached hydrogen (secondary N) is 1. The van der Waals surface area contributed by atoms with Gasteiger partial charge in [0.15, 0.2) is 4.87 Å². The summed E-state index contributed by atoms with van der Waals surface area (Å²) in [7, 11) is 5.01. The molecule has 2 aromatic rings. The van der Waals surface area contributed by atoms with Gasteiger partial charge in [0.25, 0.3) is 5.91 Å². The first kappa shape index (κ1) is 15.7. The van der Waals surface area contributed by atoms with E-state index in [1.54, 1.807) is 44.3 Å². The summed E-state index contributed by atoms with van der Waals surface area (Å²) in [5.41, 5.74) is 1.34. The van der Waals surface area contributed by atoms with Crippen LogP contribution in [0.2, 0.25) is 0 Å². The highest BCUT2D eigenvalue weighted by Crippen LogP contribution is 2.51. The summed E-state index contributed by atoms with van der Waals surface area (Å²) < 4.78 is 5.25. The summed E-state index contributed by atoms with van der Waals surface area (Å²) in [5, 5.41) is 13.5. The molecule has 0 aromatic heterocycles. The molecule has 0 radical (unpaired) electrons. The van der Waals surface area contributed by atoms with Crippen LogP contribution < -0.4 is 15.0 Å². The number of ether oxygens (including phenoxy) is 1. The first-order chi connectivity index (χ1) is 11.0. The molecular formula is C17H18N2O3S. The smallest absolute Gasteiger partial charge is 0.262 e. The van der Waals surface area contributed by atoms with Crippen molar-refractivity contribution >= 4 is 23.4 Å². The van der Waals surface area contributed by atoms with Gasteiger partial charge in [0, 0.05) is 17.5 Å². The summed E-state index contributed by atoms with van der Waals surface area (Å²) in [5.74, 6) is 0.489. The largest absolute Gasteiger partial charge is 0.508 e. The van der Waals surface area contributed by atoms with Gasteiger partial charge in [0.05, 0.1) is 12.8 Å². The number of likely N-dealkylation sites (N-methyl/N-ethyl adjacent to an activating group) is 2. The Balaban J connectivity index is 2.21. The number of aromatic hydroxyl groups is 1. The Kier molecular flexibility index (Phi) is 3.95. The standard InChI is InChI=1S/C17H18N2O3S/c1-18-17(12-10-11(22-3)8-9-14(12)20)16(21)19(2)13-6-4-5-7-15(13)23-17/h4-10,18,20H,1-3H3. The number of para-hydroxylation sites is 1. The van der Waals surface area contributed by atoms with Crippen LogP contribution in [-0.2, 0) is 9.67 Å². The summed E-state index contributed by atoms with van der Waals surface area (Å²) >= 11 is 1.38. The first-order valence-corrected chi connectivity index (χ1v) is 7.97. The number of methoxy groups -OCH3 is 1. The highest BCUT2D eigenvalue weighted by atomic mass is 32.2. The van der Waals surface area contributed by atoms with Crippen molar-refractivity contribution in [2.75, 3.05) is 26.1 Å². The van der Waals surface area contributed by atoms with Crippen LogP contribution in [0, 0.1) is 0 Å². The Bertz CT molecular complexity index is 765. The third-order valence-electron chi connectivity index (χ3n) is 4.03. The van der Waals surface area contributed by atoms with Crippen LogP contribution in [0.4, 0.5) is 5.69 Å². The van der Waals surface area contributed by atoms with E-state index in [9.17, 15) is 9.90 Å². The number of nitrogens with zero attached hydrogens (tertiary/aromatic N) is 1. The maximum absolute atomic E-state index is 13.1. The van der Waals surface area contributed by atoms with Crippen molar-refractivity contribution in [3.63, 3.8) is 0 Å². The number of hydrogen-bond acceptors (Lipinski definition) is 5. The predicted octanol–water partition coefficient (Wildman–Crippen LogP) is 2.54. The molecule has 0 saturated carbocycles. The number of fused-ring (bicyclic) bond motifs is 1. The zero-order valence-electron chi connectivity index (χ0n) is 13.2. The van der Waals surface area contributed by atoms with E-state index in [-0.39, 0.29) is 11.7 Å². The third-order valence-corrected chi connectivity index (χ3v) is 5.50. The number of hydrogen-bond donors (Lipinski definition) is 2. The van der Waals surface area contributed by atoms with Crippen LogP contribution in [-0.4, -0.2) is 32.2 Å². The zero-order chi connectivity index (χ0) is 16.6. The summed E-state index contributed by atoms with van der Waals surface area (Å²) in [6, 6.07) is 12.6. The highest BCUT2D eigenvalue weighted by molar-refractivity contribution is 8.01. The van der Waals surface area contributed by atoms with Crippen LogP contribution in [0.15, 0.2) is 47.4 Å². The number of phenolic OH excluding ortho intramolecular Hbond substituents is 1. The van der Waals surface area contributed by atoms with Gasteiger partial charge in [0.2, 0.25) is 0 Å². The maximum Gasteiger partial charge on any atom is 0.262 e. The maximum atomic E-state index is 13.1. The molecule has 1 amide bonds. The van der Waals surface area contributed by atoms with E-state index in [0.29, 0.717) is 11.3 Å². The average molecular weight is 330 g/mol. The van der Waals surface area contributed by atoms with Crippen LogP contribution in [0.5, 0.6) is 11.5 Å². The van der Waals surface area contributed by atoms with E-state index in [2.05, 4.69) is 5.32 Å². The lowest BCUT2D eigenvalue weighted by atomic mass is 10.0. The Morgan fingerprint density at radius 2 is 2.00 bits per heavy atom. The minimum absolute atomic E-state index is 0.0498. The SMILES string of the molecule is CNC1(c2cc(OC)ccc2O)Sc2ccccc2N(C)C1=O. The number of benzene rings is 2. The Morgan fingerprint density at radius 3 is 2.70 bits per heavy atom. The Labute approximate surface area is 139 Å². The molecule has 0 spiro atoms. The molecule has 5 nitrogen and oxygen atoms in total. The molecule has 0 fully saturated rings. The van der Waals surface area contributed by atoms with Gasteiger partial charge in [-0.25, -0.2) is 0 Å². The Morgan fingerprint density at radius 1 is 1.26 bits per heavy atom. The lowest BCUT2D eigenvalue weighted by Gasteiger charge is -2.40. The fourth-order valence-electron chi connectivity index (χ4n) is 2.76. The average Bonchev–Trinajstić information content (AvgIpc) is 2.59. The summed E-state index contributed by atoms with van der Waals surface area (Å²) in [6.07, 6.45) is 0. The minimum atomic E-state index is -1.11. The second-order valence-electron chi connectivity index (χ2n) is 5.25. The Hall–Kier alpha value is -2.18. The van der Waals surface area contributed by atoms with Crippen molar-refractivity contribution < 1.29 is 14.6 Å². The van der Waals surface area contributed by atoms with Crippen LogP contribution >= 0.6 is 11.8 Å². The summed E-state index contributed by atoms with van der Waals surface area (Å²) in [6.45, 7) is 0. The number of rotatable bonds is 3. The second kappa shape index (κ2) is 5.79. The van der Waals surface area contributed by atoms with Gasteiger partial charge in [-0.3, -0.25) is 10.1 Å². The van der Waals surface area contributed by atoms with Crippen molar-refractivity contribution in [1.82, 2.24) is 5.32 Å². The number of phenols is 1. The summed E-state index contributed by atoms with van der Waals surface area (Å²) in [4.78, 5) is 14.6. The first-order valence-electron chi connectivity index (χ1n) is 7.16. The molecule has 2 aromatic carbocycles. The van der Waals surface area contributed by atoms with Crippen molar-refractivity contribution in [2.24, 2.45) is 0 Å². The fourth-order valence-corrected chi connectivity index (χ4v) is 4.15. The van der Waals surface area contributed by atoms with Gasteiger partial charge >= 0.3 is 0 Å². The van der Waals surface area contributed by atoms with Gasteiger partial charge < -0.3 is 14.7 Å². The van der Waals surface area contributed by atoms with Crippen molar-refractivity contribution in [1.29, 1.82) is 0 Å². The number of anilines is 1. The van der Waals surface area contributed by atoms with Crippen molar-refractivity contribution in [3.05, 3.63) is 48.0 Å². The number of thioether (sulfide) groups is 1. The molecule has 0 saturated heterocycles. The quantitative estimate of drug-likeness (QED) is 0.906. The molecule has 6 heteroatoms. The van der Waals surface area contributed by atoms with E-state index in [1.807, 2.05) is 24.3 Å². The molecule has 1 aliphatic heterocycles. The van der Waals surface area contributed by atoms with Crippen molar-refractivity contribution in [2.45, 2.75) is 9.77 Å². The van der Waals surface area contributed by atoms with Gasteiger partial charge in [-0.05, 0) is 37.4 Å². The molecule has 3 rings (SSSR count). The van der Waals surface area contributed by atoms with E-state index in [1.165, 1.54) is 11.8 Å². The number of carbonyl (C=O) groups is 1. The molecule has 1 unspecified atom stereocenters. The van der Waals surface area contributed by atoms with E-state index in [0.717, 1.165) is 10.6 Å². The lowest BCUT2D eigenvalue weighted by molar-refractivity contribution is -0.121. The van der Waals surface area contributed by atoms with Gasteiger partial charge in [-0.1, -0.05) is 23.9 Å². The molecule has 23 heavy (non-hydrogen) atoms. The second-order valence-corrected chi connectivity index (χ2v) is 6.50. The number of amides is 1. The molecule has 0 bridgehead atoms. The van der Waals surface area contributed by atoms with E-state index in [4.69, 9.17) is 4.74 Å². The van der Waals surface area contributed by atoms with E-state index < -0.39 is 4.87 Å². The number of carbonyl (C=O) groups excluding carboxylic acids is 1. The topological polar surface area (TPSA) is 61.8 Å². The third kappa shape index (κ3) is 2.34.